The minimum Gasteiger partial charge on any atom is -0.330 e. The van der Waals surface area contributed by atoms with Crippen LogP contribution in [0.1, 0.15) is 40.0 Å². The molecule has 0 aliphatic carbocycles. The third kappa shape index (κ3) is 5.68. The van der Waals surface area contributed by atoms with E-state index in [9.17, 15) is 0 Å². The maximum absolute atomic E-state index is 5.94. The molecule has 1 aliphatic heterocycles. The van der Waals surface area contributed by atoms with E-state index in [1.165, 1.54) is 32.4 Å². The molecule has 0 spiro atoms. The van der Waals surface area contributed by atoms with E-state index in [1.807, 2.05) is 0 Å². The second kappa shape index (κ2) is 6.88. The van der Waals surface area contributed by atoms with Crippen LogP contribution in [0.15, 0.2) is 0 Å². The molecule has 18 heavy (non-hydrogen) atoms. The van der Waals surface area contributed by atoms with Crippen LogP contribution in [0.2, 0.25) is 0 Å². The van der Waals surface area contributed by atoms with Crippen molar-refractivity contribution in [2.45, 2.75) is 46.1 Å². The van der Waals surface area contributed by atoms with Gasteiger partial charge in [-0.25, -0.2) is 0 Å². The summed E-state index contributed by atoms with van der Waals surface area (Å²) >= 11 is 0. The van der Waals surface area contributed by atoms with Crippen LogP contribution in [-0.2, 0) is 0 Å². The first-order chi connectivity index (χ1) is 8.31. The van der Waals surface area contributed by atoms with Crippen LogP contribution in [0.4, 0.5) is 0 Å². The van der Waals surface area contributed by atoms with Crippen molar-refractivity contribution in [1.82, 2.24) is 9.80 Å². The fourth-order valence-electron chi connectivity index (χ4n) is 3.08. The van der Waals surface area contributed by atoms with Crippen molar-refractivity contribution in [2.75, 3.05) is 40.3 Å². The average molecular weight is 255 g/mol. The lowest BCUT2D eigenvalue weighted by molar-refractivity contribution is 0.120. The number of likely N-dealkylation sites (tertiary alicyclic amines) is 1. The Balaban J connectivity index is 2.39. The van der Waals surface area contributed by atoms with Gasteiger partial charge in [-0.15, -0.1) is 0 Å². The van der Waals surface area contributed by atoms with Crippen LogP contribution in [0.25, 0.3) is 0 Å². The number of rotatable bonds is 5. The van der Waals surface area contributed by atoms with Crippen molar-refractivity contribution < 1.29 is 0 Å². The zero-order valence-corrected chi connectivity index (χ0v) is 13.1. The molecule has 1 saturated heterocycles. The van der Waals surface area contributed by atoms with E-state index in [4.69, 9.17) is 5.73 Å². The molecule has 1 fully saturated rings. The molecule has 1 rings (SSSR count). The molecule has 0 radical (unpaired) electrons. The number of hydrogen-bond acceptors (Lipinski definition) is 3. The number of hydrogen-bond donors (Lipinski definition) is 1. The van der Waals surface area contributed by atoms with Crippen LogP contribution < -0.4 is 5.73 Å². The monoisotopic (exact) mass is 255 g/mol. The summed E-state index contributed by atoms with van der Waals surface area (Å²) in [6.07, 6.45) is 3.83. The second-order valence-corrected chi connectivity index (χ2v) is 7.34. The van der Waals surface area contributed by atoms with Crippen LogP contribution in [0.5, 0.6) is 0 Å². The summed E-state index contributed by atoms with van der Waals surface area (Å²) in [7, 11) is 4.50. The standard InChI is InChI=1S/C15H33N3/c1-15(2,3)10-13(11-16)12-18(5)14-6-8-17(4)9-7-14/h13-14H,6-12,16H2,1-5H3. The molecule has 2 N–H and O–H groups in total. The SMILES string of the molecule is CN1CCC(N(C)CC(CN)CC(C)(C)C)CC1. The summed E-state index contributed by atoms with van der Waals surface area (Å²) in [5.41, 5.74) is 6.33. The topological polar surface area (TPSA) is 32.5 Å². The Labute approximate surface area is 114 Å². The molecule has 1 heterocycles. The summed E-state index contributed by atoms with van der Waals surface area (Å²) in [5, 5.41) is 0. The number of piperidine rings is 1. The first kappa shape index (κ1) is 15.9. The van der Waals surface area contributed by atoms with E-state index >= 15 is 0 Å². The van der Waals surface area contributed by atoms with Crippen molar-refractivity contribution >= 4 is 0 Å². The van der Waals surface area contributed by atoms with E-state index in [0.29, 0.717) is 11.3 Å². The highest BCUT2D eigenvalue weighted by Gasteiger charge is 2.24. The minimum absolute atomic E-state index is 0.387. The normalized spacial score (nSPS) is 21.5. The van der Waals surface area contributed by atoms with E-state index < -0.39 is 0 Å². The summed E-state index contributed by atoms with van der Waals surface area (Å²) in [6, 6.07) is 0.759. The van der Waals surface area contributed by atoms with Crippen molar-refractivity contribution in [2.24, 2.45) is 17.1 Å². The quantitative estimate of drug-likeness (QED) is 0.816. The molecular weight excluding hydrogens is 222 g/mol. The van der Waals surface area contributed by atoms with Gasteiger partial charge in [0, 0.05) is 12.6 Å². The predicted octanol–water partition coefficient (Wildman–Crippen LogP) is 2.02. The molecule has 0 aromatic rings. The molecule has 0 bridgehead atoms. The summed E-state index contributed by atoms with van der Waals surface area (Å²) < 4.78 is 0. The summed E-state index contributed by atoms with van der Waals surface area (Å²) in [5.74, 6) is 0.634. The molecule has 3 nitrogen and oxygen atoms in total. The largest absolute Gasteiger partial charge is 0.330 e. The zero-order valence-electron chi connectivity index (χ0n) is 13.1. The van der Waals surface area contributed by atoms with Gasteiger partial charge in [-0.2, -0.15) is 0 Å². The van der Waals surface area contributed by atoms with Gasteiger partial charge in [-0.05, 0) is 64.3 Å². The molecule has 1 unspecified atom stereocenters. The zero-order chi connectivity index (χ0) is 13.8. The molecular formula is C15H33N3. The molecule has 0 aromatic carbocycles. The third-order valence-corrected chi connectivity index (χ3v) is 4.09. The van der Waals surface area contributed by atoms with Crippen molar-refractivity contribution in [3.05, 3.63) is 0 Å². The Morgan fingerprint density at radius 1 is 1.28 bits per heavy atom. The number of nitrogens with zero attached hydrogens (tertiary/aromatic N) is 2. The van der Waals surface area contributed by atoms with Gasteiger partial charge in [-0.3, -0.25) is 0 Å². The highest BCUT2D eigenvalue weighted by molar-refractivity contribution is 4.80. The highest BCUT2D eigenvalue weighted by Crippen LogP contribution is 2.25. The lowest BCUT2D eigenvalue weighted by Crippen LogP contribution is -2.44. The fourth-order valence-corrected chi connectivity index (χ4v) is 3.08. The van der Waals surface area contributed by atoms with Gasteiger partial charge in [0.2, 0.25) is 0 Å². The molecule has 1 aliphatic rings. The summed E-state index contributed by atoms with van der Waals surface area (Å²) in [6.45, 7) is 11.4. The van der Waals surface area contributed by atoms with E-state index in [0.717, 1.165) is 19.1 Å². The maximum Gasteiger partial charge on any atom is 0.0117 e. The minimum atomic E-state index is 0.387. The first-order valence-electron chi connectivity index (χ1n) is 7.40. The highest BCUT2D eigenvalue weighted by atomic mass is 15.2. The Bertz CT molecular complexity index is 226. The van der Waals surface area contributed by atoms with Gasteiger partial charge in [0.05, 0.1) is 0 Å². The van der Waals surface area contributed by atoms with E-state index in [2.05, 4.69) is 44.7 Å². The van der Waals surface area contributed by atoms with Crippen LogP contribution in [-0.4, -0.2) is 56.1 Å². The lowest BCUT2D eigenvalue weighted by atomic mass is 9.84. The van der Waals surface area contributed by atoms with E-state index in [-0.39, 0.29) is 0 Å². The Kier molecular flexibility index (Phi) is 6.09. The molecule has 0 amide bonds. The van der Waals surface area contributed by atoms with Crippen molar-refractivity contribution in [1.29, 1.82) is 0 Å². The maximum atomic E-state index is 5.94. The third-order valence-electron chi connectivity index (χ3n) is 4.09. The number of nitrogens with two attached hydrogens (primary N) is 1. The van der Waals surface area contributed by atoms with Crippen LogP contribution >= 0.6 is 0 Å². The van der Waals surface area contributed by atoms with Crippen molar-refractivity contribution in [3.63, 3.8) is 0 Å². The Morgan fingerprint density at radius 3 is 2.28 bits per heavy atom. The summed E-state index contributed by atoms with van der Waals surface area (Å²) in [4.78, 5) is 4.98. The smallest absolute Gasteiger partial charge is 0.0117 e. The van der Waals surface area contributed by atoms with Gasteiger partial charge < -0.3 is 15.5 Å². The van der Waals surface area contributed by atoms with Gasteiger partial charge in [0.25, 0.3) is 0 Å². The Hall–Kier alpha value is -0.120. The van der Waals surface area contributed by atoms with Gasteiger partial charge in [0.1, 0.15) is 0 Å². The van der Waals surface area contributed by atoms with Gasteiger partial charge in [-0.1, -0.05) is 20.8 Å². The fraction of sp³-hybridized carbons (Fsp3) is 1.00. The molecule has 1 atom stereocenters. The van der Waals surface area contributed by atoms with Crippen LogP contribution in [0, 0.1) is 11.3 Å². The lowest BCUT2D eigenvalue weighted by Gasteiger charge is -2.37. The molecule has 108 valence electrons. The van der Waals surface area contributed by atoms with Gasteiger partial charge >= 0.3 is 0 Å². The van der Waals surface area contributed by atoms with Crippen molar-refractivity contribution in [3.8, 4) is 0 Å². The molecule has 0 aromatic heterocycles. The molecule has 0 saturated carbocycles. The van der Waals surface area contributed by atoms with Crippen LogP contribution in [0.3, 0.4) is 0 Å². The first-order valence-corrected chi connectivity index (χ1v) is 7.40. The Morgan fingerprint density at radius 2 is 1.83 bits per heavy atom. The average Bonchev–Trinajstić information content (AvgIpc) is 2.27. The van der Waals surface area contributed by atoms with Gasteiger partial charge in [0.15, 0.2) is 0 Å². The van der Waals surface area contributed by atoms with E-state index in [1.54, 1.807) is 0 Å². The predicted molar refractivity (Wildman–Crippen MR) is 79.8 cm³/mol. The second-order valence-electron chi connectivity index (χ2n) is 7.34. The molecule has 3 heteroatoms.